The maximum Gasteiger partial charge on any atom is 0.323 e. The molecule has 2 rings (SSSR count). The number of aliphatic carboxylic acids is 1. The summed E-state index contributed by atoms with van der Waals surface area (Å²) in [7, 11) is 1.60. The number of benzene rings is 1. The standard InChI is InChI=1S/C17H20N2O4S/c1-4-11(2)19(9-15(20)21)17(22)14-10-24-16(18-14)12-5-7-13(23-3)8-6-12/h5-8,10-11H,4,9H2,1-3H3,(H,20,21). The van der Waals surface area contributed by atoms with Crippen LogP contribution in [0.2, 0.25) is 0 Å². The number of hydrogen-bond donors (Lipinski definition) is 1. The minimum Gasteiger partial charge on any atom is -0.497 e. The van der Waals surface area contributed by atoms with E-state index < -0.39 is 5.97 Å². The molecule has 1 amide bonds. The lowest BCUT2D eigenvalue weighted by Crippen LogP contribution is -2.42. The molecule has 1 atom stereocenters. The largest absolute Gasteiger partial charge is 0.497 e. The third-order valence-corrected chi connectivity index (χ3v) is 4.64. The average molecular weight is 348 g/mol. The van der Waals surface area contributed by atoms with Gasteiger partial charge in [-0.3, -0.25) is 9.59 Å². The Balaban J connectivity index is 2.23. The van der Waals surface area contributed by atoms with E-state index in [0.29, 0.717) is 11.4 Å². The molecule has 0 bridgehead atoms. The molecule has 1 aromatic carbocycles. The molecule has 0 saturated carbocycles. The number of aromatic nitrogens is 1. The van der Waals surface area contributed by atoms with Gasteiger partial charge in [-0.2, -0.15) is 0 Å². The van der Waals surface area contributed by atoms with Crippen molar-refractivity contribution in [1.82, 2.24) is 9.88 Å². The fraction of sp³-hybridized carbons (Fsp3) is 0.353. The Morgan fingerprint density at radius 2 is 2.00 bits per heavy atom. The third-order valence-electron chi connectivity index (χ3n) is 3.75. The highest BCUT2D eigenvalue weighted by Crippen LogP contribution is 2.26. The highest BCUT2D eigenvalue weighted by atomic mass is 32.1. The molecule has 128 valence electrons. The zero-order valence-electron chi connectivity index (χ0n) is 13.9. The van der Waals surface area contributed by atoms with Crippen molar-refractivity contribution in [3.8, 4) is 16.3 Å². The fourth-order valence-electron chi connectivity index (χ4n) is 2.18. The summed E-state index contributed by atoms with van der Waals surface area (Å²) in [4.78, 5) is 29.4. The van der Waals surface area contributed by atoms with Crippen LogP contribution >= 0.6 is 11.3 Å². The molecule has 1 N–H and O–H groups in total. The number of methoxy groups -OCH3 is 1. The molecular formula is C17H20N2O4S. The Morgan fingerprint density at radius 1 is 1.33 bits per heavy atom. The summed E-state index contributed by atoms with van der Waals surface area (Å²) >= 11 is 1.35. The molecule has 0 aliphatic rings. The highest BCUT2D eigenvalue weighted by Gasteiger charge is 2.25. The molecule has 0 radical (unpaired) electrons. The predicted octanol–water partition coefficient (Wildman–Crippen LogP) is 3.14. The van der Waals surface area contributed by atoms with Crippen molar-refractivity contribution in [2.24, 2.45) is 0 Å². The van der Waals surface area contributed by atoms with Crippen LogP contribution in [0.5, 0.6) is 5.75 Å². The van der Waals surface area contributed by atoms with Crippen molar-refractivity contribution < 1.29 is 19.4 Å². The van der Waals surface area contributed by atoms with Crippen LogP contribution in [0, 0.1) is 0 Å². The number of ether oxygens (including phenoxy) is 1. The Labute approximate surface area is 144 Å². The first-order valence-corrected chi connectivity index (χ1v) is 8.47. The van der Waals surface area contributed by atoms with E-state index in [1.807, 2.05) is 38.1 Å². The smallest absolute Gasteiger partial charge is 0.323 e. The number of amides is 1. The van der Waals surface area contributed by atoms with Crippen LogP contribution in [-0.4, -0.2) is 46.6 Å². The van der Waals surface area contributed by atoms with E-state index in [-0.39, 0.29) is 24.2 Å². The number of carboxylic acid groups (broad SMARTS) is 1. The van der Waals surface area contributed by atoms with Gasteiger partial charge in [0.25, 0.3) is 5.91 Å². The Kier molecular flexibility index (Phi) is 5.92. The topological polar surface area (TPSA) is 79.7 Å². The van der Waals surface area contributed by atoms with Crippen LogP contribution in [0.25, 0.3) is 10.6 Å². The quantitative estimate of drug-likeness (QED) is 0.831. The normalized spacial score (nSPS) is 11.8. The van der Waals surface area contributed by atoms with Crippen molar-refractivity contribution in [2.45, 2.75) is 26.3 Å². The van der Waals surface area contributed by atoms with E-state index in [9.17, 15) is 9.59 Å². The van der Waals surface area contributed by atoms with Gasteiger partial charge in [-0.1, -0.05) is 6.92 Å². The summed E-state index contributed by atoms with van der Waals surface area (Å²) in [5.74, 6) is -0.645. The molecule has 0 aliphatic heterocycles. The molecule has 7 heteroatoms. The summed E-state index contributed by atoms with van der Waals surface area (Å²) in [6.45, 7) is 3.41. The maximum absolute atomic E-state index is 12.6. The molecule has 1 aromatic heterocycles. The minimum atomic E-state index is -1.03. The third kappa shape index (κ3) is 4.11. The number of thiazole rings is 1. The molecule has 0 aliphatic carbocycles. The van der Waals surface area contributed by atoms with Gasteiger partial charge in [-0.15, -0.1) is 11.3 Å². The second-order valence-electron chi connectivity index (χ2n) is 5.35. The van der Waals surface area contributed by atoms with Crippen LogP contribution in [0.3, 0.4) is 0 Å². The SMILES string of the molecule is CCC(C)N(CC(=O)O)C(=O)c1csc(-c2ccc(OC)cc2)n1. The Hall–Kier alpha value is -2.41. The number of rotatable bonds is 7. The molecule has 0 fully saturated rings. The summed E-state index contributed by atoms with van der Waals surface area (Å²) in [5.41, 5.74) is 1.15. The molecule has 1 unspecified atom stereocenters. The van der Waals surface area contributed by atoms with E-state index in [4.69, 9.17) is 9.84 Å². The van der Waals surface area contributed by atoms with Gasteiger partial charge >= 0.3 is 5.97 Å². The van der Waals surface area contributed by atoms with E-state index in [1.54, 1.807) is 12.5 Å². The monoisotopic (exact) mass is 348 g/mol. The lowest BCUT2D eigenvalue weighted by atomic mass is 10.2. The molecule has 24 heavy (non-hydrogen) atoms. The average Bonchev–Trinajstić information content (AvgIpc) is 3.08. The lowest BCUT2D eigenvalue weighted by Gasteiger charge is -2.26. The number of carbonyl (C=O) groups is 2. The Morgan fingerprint density at radius 3 is 2.54 bits per heavy atom. The minimum absolute atomic E-state index is 0.167. The number of carboxylic acids is 1. The van der Waals surface area contributed by atoms with Crippen molar-refractivity contribution >= 4 is 23.2 Å². The van der Waals surface area contributed by atoms with Crippen LogP contribution in [0.15, 0.2) is 29.6 Å². The van der Waals surface area contributed by atoms with Crippen molar-refractivity contribution in [3.05, 3.63) is 35.3 Å². The van der Waals surface area contributed by atoms with Crippen LogP contribution in [0.1, 0.15) is 30.8 Å². The molecule has 6 nitrogen and oxygen atoms in total. The summed E-state index contributed by atoms with van der Waals surface area (Å²) in [6, 6.07) is 7.23. The summed E-state index contributed by atoms with van der Waals surface area (Å²) in [5, 5.41) is 11.4. The van der Waals surface area contributed by atoms with Gasteiger partial charge in [0.1, 0.15) is 23.0 Å². The fourth-order valence-corrected chi connectivity index (χ4v) is 2.98. The summed E-state index contributed by atoms with van der Waals surface area (Å²) < 4.78 is 5.12. The van der Waals surface area contributed by atoms with E-state index in [2.05, 4.69) is 4.98 Å². The molecule has 1 heterocycles. The first-order chi connectivity index (χ1) is 11.5. The van der Waals surface area contributed by atoms with Gasteiger partial charge in [0.2, 0.25) is 0 Å². The van der Waals surface area contributed by atoms with E-state index >= 15 is 0 Å². The zero-order valence-corrected chi connectivity index (χ0v) is 14.7. The van der Waals surface area contributed by atoms with Crippen molar-refractivity contribution in [1.29, 1.82) is 0 Å². The van der Waals surface area contributed by atoms with Gasteiger partial charge in [-0.05, 0) is 37.6 Å². The maximum atomic E-state index is 12.6. The van der Waals surface area contributed by atoms with Gasteiger partial charge in [0.15, 0.2) is 0 Å². The van der Waals surface area contributed by atoms with Crippen LogP contribution in [-0.2, 0) is 4.79 Å². The molecular weight excluding hydrogens is 328 g/mol. The first kappa shape index (κ1) is 17.9. The second-order valence-corrected chi connectivity index (χ2v) is 6.21. The molecule has 2 aromatic rings. The Bertz CT molecular complexity index is 712. The zero-order chi connectivity index (χ0) is 17.7. The van der Waals surface area contributed by atoms with E-state index in [0.717, 1.165) is 11.3 Å². The molecule has 0 spiro atoms. The van der Waals surface area contributed by atoms with Crippen LogP contribution < -0.4 is 4.74 Å². The van der Waals surface area contributed by atoms with Crippen molar-refractivity contribution in [2.75, 3.05) is 13.7 Å². The van der Waals surface area contributed by atoms with Gasteiger partial charge in [0.05, 0.1) is 7.11 Å². The lowest BCUT2D eigenvalue weighted by molar-refractivity contribution is -0.138. The highest BCUT2D eigenvalue weighted by molar-refractivity contribution is 7.13. The summed E-state index contributed by atoms with van der Waals surface area (Å²) in [6.07, 6.45) is 0.675. The van der Waals surface area contributed by atoms with E-state index in [1.165, 1.54) is 16.2 Å². The molecule has 0 saturated heterocycles. The number of hydrogen-bond acceptors (Lipinski definition) is 5. The van der Waals surface area contributed by atoms with Gasteiger partial charge in [-0.25, -0.2) is 4.98 Å². The number of nitrogens with zero attached hydrogens (tertiary/aromatic N) is 2. The van der Waals surface area contributed by atoms with Gasteiger partial charge < -0.3 is 14.7 Å². The van der Waals surface area contributed by atoms with Gasteiger partial charge in [0, 0.05) is 17.0 Å². The predicted molar refractivity (Wildman–Crippen MR) is 92.5 cm³/mol. The first-order valence-electron chi connectivity index (χ1n) is 7.59. The number of carbonyl (C=O) groups excluding carboxylic acids is 1. The van der Waals surface area contributed by atoms with Crippen molar-refractivity contribution in [3.63, 3.8) is 0 Å². The second kappa shape index (κ2) is 7.92. The van der Waals surface area contributed by atoms with Crippen LogP contribution in [0.4, 0.5) is 0 Å².